The number of nitrogens with one attached hydrogen (secondary N) is 1. The van der Waals surface area contributed by atoms with Crippen LogP contribution in [0.4, 0.5) is 0 Å². The van der Waals surface area contributed by atoms with Gasteiger partial charge in [0, 0.05) is 16.4 Å². The molecule has 1 aromatic carbocycles. The number of fused-ring (bicyclic) bond motifs is 1. The van der Waals surface area contributed by atoms with Gasteiger partial charge in [0.2, 0.25) is 0 Å². The van der Waals surface area contributed by atoms with Gasteiger partial charge < -0.3 is 10.4 Å². The van der Waals surface area contributed by atoms with Crippen LogP contribution in [-0.2, 0) is 0 Å². The Morgan fingerprint density at radius 2 is 2.17 bits per heavy atom. The second-order valence-electron chi connectivity index (χ2n) is 5.69. The predicted molar refractivity (Wildman–Crippen MR) is 76.4 cm³/mol. The Hall–Kier alpha value is -0.380. The van der Waals surface area contributed by atoms with Gasteiger partial charge >= 0.3 is 0 Å². The summed E-state index contributed by atoms with van der Waals surface area (Å²) in [6.45, 7) is 0.921. The Morgan fingerprint density at radius 1 is 1.28 bits per heavy atom. The smallest absolute Gasteiger partial charge is 0.0706 e. The van der Waals surface area contributed by atoms with Crippen molar-refractivity contribution in [2.75, 3.05) is 6.54 Å². The maximum atomic E-state index is 10.8. The molecule has 1 heterocycles. The van der Waals surface area contributed by atoms with Gasteiger partial charge in [-0.25, -0.2) is 0 Å². The van der Waals surface area contributed by atoms with Gasteiger partial charge in [0.05, 0.1) is 5.60 Å². The van der Waals surface area contributed by atoms with E-state index in [1.807, 2.05) is 0 Å². The highest BCUT2D eigenvalue weighted by Gasteiger charge is 2.45. The molecule has 2 N–H and O–H groups in total. The van der Waals surface area contributed by atoms with Crippen molar-refractivity contribution in [3.8, 4) is 0 Å². The summed E-state index contributed by atoms with van der Waals surface area (Å²) in [7, 11) is 0. The zero-order valence-electron chi connectivity index (χ0n) is 10.5. The lowest BCUT2D eigenvalue weighted by molar-refractivity contribution is -0.0861. The highest BCUT2D eigenvalue weighted by molar-refractivity contribution is 9.10. The van der Waals surface area contributed by atoms with Crippen molar-refractivity contribution >= 4 is 15.9 Å². The molecule has 2 aliphatic rings. The van der Waals surface area contributed by atoms with E-state index in [1.165, 1.54) is 18.4 Å². The first-order valence-electron chi connectivity index (χ1n) is 6.90. The average Bonchev–Trinajstić information content (AvgIpc) is 2.37. The molecule has 3 atom stereocenters. The second kappa shape index (κ2) is 4.95. The fraction of sp³-hybridized carbons (Fsp3) is 0.600. The lowest BCUT2D eigenvalue weighted by Gasteiger charge is -2.48. The molecular weight excluding hydrogens is 290 g/mol. The summed E-state index contributed by atoms with van der Waals surface area (Å²) < 4.78 is 1.12. The van der Waals surface area contributed by atoms with E-state index in [-0.39, 0.29) is 0 Å². The molecule has 0 radical (unpaired) electrons. The van der Waals surface area contributed by atoms with Gasteiger partial charge in [-0.15, -0.1) is 0 Å². The van der Waals surface area contributed by atoms with Gasteiger partial charge in [-0.1, -0.05) is 40.9 Å². The van der Waals surface area contributed by atoms with E-state index in [9.17, 15) is 5.11 Å². The molecule has 18 heavy (non-hydrogen) atoms. The third-order valence-electron chi connectivity index (χ3n) is 4.60. The van der Waals surface area contributed by atoms with E-state index in [0.717, 1.165) is 30.3 Å². The van der Waals surface area contributed by atoms with Crippen molar-refractivity contribution < 1.29 is 5.11 Å². The molecule has 3 rings (SSSR count). The van der Waals surface area contributed by atoms with Crippen molar-refractivity contribution in [3.05, 3.63) is 34.3 Å². The first-order chi connectivity index (χ1) is 8.69. The summed E-state index contributed by atoms with van der Waals surface area (Å²) in [4.78, 5) is 0. The average molecular weight is 310 g/mol. The van der Waals surface area contributed by atoms with Crippen LogP contribution < -0.4 is 5.32 Å². The molecule has 1 aliphatic heterocycles. The van der Waals surface area contributed by atoms with Gasteiger partial charge in [-0.3, -0.25) is 0 Å². The highest BCUT2D eigenvalue weighted by Crippen LogP contribution is 2.45. The summed E-state index contributed by atoms with van der Waals surface area (Å²) in [5.41, 5.74) is 0.866. The molecule has 98 valence electrons. The Balaban J connectivity index is 1.91. The predicted octanol–water partition coefficient (Wildman–Crippen LogP) is 3.40. The Bertz CT molecular complexity index is 432. The van der Waals surface area contributed by atoms with E-state index in [1.54, 1.807) is 0 Å². The van der Waals surface area contributed by atoms with Crippen LogP contribution in [0.2, 0.25) is 0 Å². The number of hydrogen-bond acceptors (Lipinski definition) is 2. The highest BCUT2D eigenvalue weighted by atomic mass is 79.9. The van der Waals surface area contributed by atoms with E-state index in [0.29, 0.717) is 12.0 Å². The molecule has 0 amide bonds. The minimum atomic E-state index is -0.434. The zero-order valence-corrected chi connectivity index (χ0v) is 12.1. The second-order valence-corrected chi connectivity index (χ2v) is 6.61. The molecule has 3 heteroatoms. The van der Waals surface area contributed by atoms with Crippen molar-refractivity contribution in [2.24, 2.45) is 5.92 Å². The van der Waals surface area contributed by atoms with E-state index in [4.69, 9.17) is 0 Å². The van der Waals surface area contributed by atoms with Gasteiger partial charge in [0.15, 0.2) is 0 Å². The van der Waals surface area contributed by atoms with Crippen LogP contribution in [-0.4, -0.2) is 17.3 Å². The van der Waals surface area contributed by atoms with Crippen molar-refractivity contribution in [1.29, 1.82) is 0 Å². The first kappa shape index (κ1) is 12.6. The maximum Gasteiger partial charge on any atom is 0.0706 e. The largest absolute Gasteiger partial charge is 0.389 e. The van der Waals surface area contributed by atoms with E-state index < -0.39 is 5.60 Å². The number of benzene rings is 1. The van der Waals surface area contributed by atoms with Gasteiger partial charge in [-0.2, -0.15) is 0 Å². The molecule has 2 fully saturated rings. The third kappa shape index (κ3) is 2.24. The van der Waals surface area contributed by atoms with Crippen molar-refractivity contribution in [2.45, 2.75) is 43.7 Å². The van der Waals surface area contributed by atoms with E-state index in [2.05, 4.69) is 45.5 Å². The molecule has 1 saturated heterocycles. The first-order valence-corrected chi connectivity index (χ1v) is 7.70. The summed E-state index contributed by atoms with van der Waals surface area (Å²) in [6, 6.07) is 8.79. The van der Waals surface area contributed by atoms with Crippen LogP contribution in [0.5, 0.6) is 0 Å². The summed E-state index contributed by atoms with van der Waals surface area (Å²) in [5.74, 6) is 0.370. The van der Waals surface area contributed by atoms with Crippen LogP contribution >= 0.6 is 15.9 Å². The molecule has 0 bridgehead atoms. The van der Waals surface area contributed by atoms with Crippen LogP contribution in [0.25, 0.3) is 0 Å². The Morgan fingerprint density at radius 3 is 3.00 bits per heavy atom. The van der Waals surface area contributed by atoms with E-state index >= 15 is 0 Å². The van der Waals surface area contributed by atoms with Gasteiger partial charge in [-0.05, 0) is 43.5 Å². The monoisotopic (exact) mass is 309 g/mol. The molecule has 1 aromatic rings. The molecule has 1 saturated carbocycles. The summed E-state index contributed by atoms with van der Waals surface area (Å²) in [6.07, 6.45) is 5.45. The quantitative estimate of drug-likeness (QED) is 0.833. The molecule has 2 nitrogen and oxygen atoms in total. The van der Waals surface area contributed by atoms with Gasteiger partial charge in [0.1, 0.15) is 0 Å². The lowest BCUT2D eigenvalue weighted by atomic mass is 9.67. The van der Waals surface area contributed by atoms with Crippen molar-refractivity contribution in [1.82, 2.24) is 5.32 Å². The third-order valence-corrected chi connectivity index (χ3v) is 5.09. The van der Waals surface area contributed by atoms with Crippen LogP contribution in [0.15, 0.2) is 28.7 Å². The fourth-order valence-electron chi connectivity index (χ4n) is 3.67. The number of halogens is 1. The Kier molecular flexibility index (Phi) is 3.48. The number of hydrogen-bond donors (Lipinski definition) is 2. The maximum absolute atomic E-state index is 10.8. The topological polar surface area (TPSA) is 32.3 Å². The minimum Gasteiger partial charge on any atom is -0.389 e. The number of piperidine rings is 1. The minimum absolute atomic E-state index is 0.307. The van der Waals surface area contributed by atoms with Crippen LogP contribution in [0, 0.1) is 5.92 Å². The fourth-order valence-corrected chi connectivity index (χ4v) is 4.09. The van der Waals surface area contributed by atoms with Crippen molar-refractivity contribution in [3.63, 3.8) is 0 Å². The number of aliphatic hydroxyl groups is 1. The summed E-state index contributed by atoms with van der Waals surface area (Å²) in [5, 5.41) is 14.4. The van der Waals surface area contributed by atoms with Gasteiger partial charge in [0.25, 0.3) is 0 Å². The number of rotatable bonds is 1. The van der Waals surface area contributed by atoms with Crippen LogP contribution in [0.1, 0.15) is 43.7 Å². The molecule has 0 spiro atoms. The van der Waals surface area contributed by atoms with Crippen LogP contribution in [0.3, 0.4) is 0 Å². The summed E-state index contributed by atoms with van der Waals surface area (Å²) >= 11 is 3.54. The molecule has 0 aromatic heterocycles. The molecule has 0 unspecified atom stereocenters. The SMILES string of the molecule is O[C@]12CCCC[C@H]1[C@H](c1cccc(Br)c1)NCC2. The normalized spacial score (nSPS) is 36.1. The Labute approximate surface area is 117 Å². The standard InChI is InChI=1S/C15H20BrNO/c16-12-5-3-4-11(10-12)14-13-6-1-2-7-15(13,18)8-9-17-14/h3-5,10,13-14,17-18H,1-2,6-9H2/t13-,14-,15-/m0/s1. The zero-order chi connectivity index (χ0) is 12.6. The molecular formula is C15H20BrNO. The molecule has 1 aliphatic carbocycles. The lowest BCUT2D eigenvalue weighted by Crippen LogP contribution is -2.53.